The zero-order valence-corrected chi connectivity index (χ0v) is 20.3. The molecule has 0 bridgehead atoms. The standard InChI is InChI=1S/C28H38N2O3/c1-4-26(28(32)29-24-11-5-6-12-24)30(20-23-10-7-9-22(3)19-23)27(31)13-8-18-33-25-16-14-21(2)15-17-25/h7,9-10,14-17,19,24,26H,4-6,8,11-13,18,20H2,1-3H3,(H,29,32). The summed E-state index contributed by atoms with van der Waals surface area (Å²) in [5.74, 6) is 0.783. The van der Waals surface area contributed by atoms with E-state index in [-0.39, 0.29) is 17.9 Å². The van der Waals surface area contributed by atoms with Gasteiger partial charge in [-0.25, -0.2) is 0 Å². The van der Waals surface area contributed by atoms with Gasteiger partial charge in [0.1, 0.15) is 11.8 Å². The quantitative estimate of drug-likeness (QED) is 0.471. The molecule has 0 heterocycles. The summed E-state index contributed by atoms with van der Waals surface area (Å²) in [6.07, 6.45) is 5.94. The first kappa shape index (κ1) is 24.8. The smallest absolute Gasteiger partial charge is 0.243 e. The Morgan fingerprint density at radius 3 is 2.45 bits per heavy atom. The molecule has 1 aliphatic rings. The third-order valence-corrected chi connectivity index (χ3v) is 6.35. The van der Waals surface area contributed by atoms with Crippen molar-refractivity contribution in [3.63, 3.8) is 0 Å². The van der Waals surface area contributed by atoms with Crippen molar-refractivity contribution in [1.29, 1.82) is 0 Å². The average molecular weight is 451 g/mol. The van der Waals surface area contributed by atoms with Gasteiger partial charge < -0.3 is 15.0 Å². The number of ether oxygens (including phenoxy) is 1. The fraction of sp³-hybridized carbons (Fsp3) is 0.500. The minimum absolute atomic E-state index is 0.00238. The van der Waals surface area contributed by atoms with Crippen LogP contribution in [0.4, 0.5) is 0 Å². The molecule has 5 heteroatoms. The number of hydrogen-bond donors (Lipinski definition) is 1. The summed E-state index contributed by atoms with van der Waals surface area (Å²) in [7, 11) is 0. The maximum absolute atomic E-state index is 13.3. The summed E-state index contributed by atoms with van der Waals surface area (Å²) in [5.41, 5.74) is 3.38. The van der Waals surface area contributed by atoms with Crippen LogP contribution < -0.4 is 10.1 Å². The lowest BCUT2D eigenvalue weighted by Gasteiger charge is -2.31. The molecular formula is C28H38N2O3. The number of nitrogens with one attached hydrogen (secondary N) is 1. The zero-order valence-electron chi connectivity index (χ0n) is 20.3. The Morgan fingerprint density at radius 2 is 1.79 bits per heavy atom. The fourth-order valence-electron chi connectivity index (χ4n) is 4.49. The molecule has 1 unspecified atom stereocenters. The molecule has 178 valence electrons. The normalized spacial score (nSPS) is 14.6. The Morgan fingerprint density at radius 1 is 1.06 bits per heavy atom. The van der Waals surface area contributed by atoms with E-state index in [0.29, 0.717) is 32.4 Å². The van der Waals surface area contributed by atoms with Crippen LogP contribution in [0.5, 0.6) is 5.75 Å². The molecule has 0 aliphatic heterocycles. The van der Waals surface area contributed by atoms with Crippen LogP contribution in [0.3, 0.4) is 0 Å². The predicted octanol–water partition coefficient (Wildman–Crippen LogP) is 5.33. The van der Waals surface area contributed by atoms with Gasteiger partial charge in [0, 0.05) is 19.0 Å². The number of carbonyl (C=O) groups is 2. The third-order valence-electron chi connectivity index (χ3n) is 6.35. The van der Waals surface area contributed by atoms with Crippen molar-refractivity contribution in [2.24, 2.45) is 0 Å². The van der Waals surface area contributed by atoms with Crippen molar-refractivity contribution in [3.05, 3.63) is 65.2 Å². The molecule has 0 aromatic heterocycles. The van der Waals surface area contributed by atoms with E-state index in [2.05, 4.69) is 11.4 Å². The maximum Gasteiger partial charge on any atom is 0.243 e. The molecule has 2 aromatic rings. The summed E-state index contributed by atoms with van der Waals surface area (Å²) in [6.45, 7) is 6.98. The Hall–Kier alpha value is -2.82. The van der Waals surface area contributed by atoms with E-state index >= 15 is 0 Å². The van der Waals surface area contributed by atoms with Gasteiger partial charge in [-0.3, -0.25) is 9.59 Å². The van der Waals surface area contributed by atoms with Crippen molar-refractivity contribution >= 4 is 11.8 Å². The van der Waals surface area contributed by atoms with Crippen molar-refractivity contribution in [2.45, 2.75) is 84.3 Å². The van der Waals surface area contributed by atoms with Gasteiger partial charge in [0.05, 0.1) is 6.61 Å². The largest absolute Gasteiger partial charge is 0.494 e. The van der Waals surface area contributed by atoms with E-state index < -0.39 is 6.04 Å². The molecule has 1 atom stereocenters. The zero-order chi connectivity index (χ0) is 23.6. The summed E-state index contributed by atoms with van der Waals surface area (Å²) in [4.78, 5) is 28.2. The lowest BCUT2D eigenvalue weighted by molar-refractivity contribution is -0.141. The molecule has 3 rings (SSSR count). The Labute approximate surface area is 198 Å². The number of carbonyl (C=O) groups excluding carboxylic acids is 2. The van der Waals surface area contributed by atoms with Gasteiger partial charge in [0.25, 0.3) is 0 Å². The van der Waals surface area contributed by atoms with Crippen molar-refractivity contribution in [2.75, 3.05) is 6.61 Å². The maximum atomic E-state index is 13.3. The number of aryl methyl sites for hydroxylation is 2. The average Bonchev–Trinajstić information content (AvgIpc) is 3.30. The SMILES string of the molecule is CCC(C(=O)NC1CCCC1)N(Cc1cccc(C)c1)C(=O)CCCOc1ccc(C)cc1. The highest BCUT2D eigenvalue weighted by molar-refractivity contribution is 5.87. The molecule has 1 fully saturated rings. The second-order valence-corrected chi connectivity index (χ2v) is 9.19. The molecule has 5 nitrogen and oxygen atoms in total. The van der Waals surface area contributed by atoms with Gasteiger partial charge >= 0.3 is 0 Å². The number of rotatable bonds is 11. The molecule has 33 heavy (non-hydrogen) atoms. The highest BCUT2D eigenvalue weighted by atomic mass is 16.5. The van der Waals surface area contributed by atoms with E-state index in [1.54, 1.807) is 4.90 Å². The van der Waals surface area contributed by atoms with E-state index in [4.69, 9.17) is 4.74 Å². The Bertz CT molecular complexity index is 904. The summed E-state index contributed by atoms with van der Waals surface area (Å²) in [6, 6.07) is 15.9. The lowest BCUT2D eigenvalue weighted by Crippen LogP contribution is -2.50. The lowest BCUT2D eigenvalue weighted by atomic mass is 10.1. The second kappa shape index (κ2) is 12.4. The molecule has 0 spiro atoms. The van der Waals surface area contributed by atoms with Gasteiger partial charge in [0.2, 0.25) is 11.8 Å². The first-order valence-electron chi connectivity index (χ1n) is 12.3. The first-order valence-corrected chi connectivity index (χ1v) is 12.3. The summed E-state index contributed by atoms with van der Waals surface area (Å²) < 4.78 is 5.80. The van der Waals surface area contributed by atoms with Crippen molar-refractivity contribution < 1.29 is 14.3 Å². The van der Waals surface area contributed by atoms with Crippen LogP contribution in [0.1, 0.15) is 68.6 Å². The number of nitrogens with zero attached hydrogens (tertiary/aromatic N) is 1. The van der Waals surface area contributed by atoms with Crippen LogP contribution in [0.2, 0.25) is 0 Å². The highest BCUT2D eigenvalue weighted by Gasteiger charge is 2.30. The van der Waals surface area contributed by atoms with Crippen LogP contribution in [-0.2, 0) is 16.1 Å². The third kappa shape index (κ3) is 7.62. The number of hydrogen-bond acceptors (Lipinski definition) is 3. The minimum atomic E-state index is -0.461. The Balaban J connectivity index is 1.64. The van der Waals surface area contributed by atoms with Crippen LogP contribution in [0.25, 0.3) is 0 Å². The predicted molar refractivity (Wildman–Crippen MR) is 132 cm³/mol. The monoisotopic (exact) mass is 450 g/mol. The van der Waals surface area contributed by atoms with Crippen LogP contribution in [0, 0.1) is 13.8 Å². The van der Waals surface area contributed by atoms with Crippen molar-refractivity contribution in [1.82, 2.24) is 10.2 Å². The minimum Gasteiger partial charge on any atom is -0.494 e. The van der Waals surface area contributed by atoms with Gasteiger partial charge in [-0.2, -0.15) is 0 Å². The van der Waals surface area contributed by atoms with Gasteiger partial charge in [-0.05, 0) is 57.2 Å². The van der Waals surface area contributed by atoms with Gasteiger partial charge in [0.15, 0.2) is 0 Å². The molecular weight excluding hydrogens is 412 g/mol. The summed E-state index contributed by atoms with van der Waals surface area (Å²) >= 11 is 0. The van der Waals surface area contributed by atoms with Crippen molar-refractivity contribution in [3.8, 4) is 5.75 Å². The van der Waals surface area contributed by atoms with E-state index in [0.717, 1.165) is 42.6 Å². The Kier molecular flexibility index (Phi) is 9.35. The molecule has 2 aromatic carbocycles. The van der Waals surface area contributed by atoms with Crippen LogP contribution >= 0.6 is 0 Å². The van der Waals surface area contributed by atoms with E-state index in [1.165, 1.54) is 5.56 Å². The van der Waals surface area contributed by atoms with Crippen LogP contribution in [-0.4, -0.2) is 35.4 Å². The van der Waals surface area contributed by atoms with E-state index in [1.807, 2.05) is 63.2 Å². The molecule has 0 saturated heterocycles. The first-order chi connectivity index (χ1) is 16.0. The topological polar surface area (TPSA) is 58.6 Å². The molecule has 1 saturated carbocycles. The summed E-state index contributed by atoms with van der Waals surface area (Å²) in [5, 5.41) is 3.20. The molecule has 2 amide bonds. The molecule has 0 radical (unpaired) electrons. The number of benzene rings is 2. The molecule has 1 aliphatic carbocycles. The van der Waals surface area contributed by atoms with E-state index in [9.17, 15) is 9.59 Å². The second-order valence-electron chi connectivity index (χ2n) is 9.19. The van der Waals surface area contributed by atoms with Gasteiger partial charge in [-0.1, -0.05) is 67.3 Å². The highest BCUT2D eigenvalue weighted by Crippen LogP contribution is 2.20. The number of amides is 2. The fourth-order valence-corrected chi connectivity index (χ4v) is 4.49. The van der Waals surface area contributed by atoms with Crippen LogP contribution in [0.15, 0.2) is 48.5 Å². The molecule has 1 N–H and O–H groups in total. The van der Waals surface area contributed by atoms with Gasteiger partial charge in [-0.15, -0.1) is 0 Å².